The molecule has 0 aliphatic carbocycles. The van der Waals surface area contributed by atoms with Crippen molar-refractivity contribution in [2.45, 2.75) is 64.8 Å². The number of carboxylic acid groups (broad SMARTS) is 2. The molecule has 107 heavy (non-hydrogen) atoms. The van der Waals surface area contributed by atoms with Crippen LogP contribution in [0.25, 0.3) is 22.5 Å². The van der Waals surface area contributed by atoms with Gasteiger partial charge in [0.2, 0.25) is 17.6 Å². The van der Waals surface area contributed by atoms with Crippen molar-refractivity contribution >= 4 is 71.7 Å². The van der Waals surface area contributed by atoms with Crippen LogP contribution in [0.5, 0.6) is 17.6 Å². The van der Waals surface area contributed by atoms with Crippen LogP contribution in [0.2, 0.25) is 0 Å². The average molecular weight is 1710 g/mol. The predicted octanol–water partition coefficient (Wildman–Crippen LogP) is 20.0. The lowest BCUT2D eigenvalue weighted by Gasteiger charge is -2.10. The zero-order valence-corrected chi connectivity index (χ0v) is 59.4. The fraction of sp³-hybridized carbons (Fsp3) is 0.164. The minimum absolute atomic E-state index is 0.00622. The van der Waals surface area contributed by atoms with Crippen LogP contribution in [0.15, 0.2) is 171 Å². The quantitative estimate of drug-likeness (QED) is 0.0282. The van der Waals surface area contributed by atoms with Crippen LogP contribution in [-0.4, -0.2) is 63.3 Å². The van der Waals surface area contributed by atoms with Gasteiger partial charge in [-0.15, -0.1) is 0 Å². The number of aliphatic carboxylic acids is 2. The van der Waals surface area contributed by atoms with E-state index in [1.54, 1.807) is 18.2 Å². The lowest BCUT2D eigenvalue weighted by Crippen LogP contribution is -2.07. The number of rotatable bonds is 22. The van der Waals surface area contributed by atoms with E-state index >= 15 is 0 Å². The highest BCUT2D eigenvalue weighted by molar-refractivity contribution is 9.11. The second-order valence-corrected chi connectivity index (χ2v) is 24.1. The number of carboxylic acids is 2. The fourth-order valence-corrected chi connectivity index (χ4v) is 9.64. The molecule has 0 aliphatic heterocycles. The third kappa shape index (κ3) is 26.5. The topological polar surface area (TPSA) is 194 Å². The van der Waals surface area contributed by atoms with Crippen LogP contribution in [0.3, 0.4) is 0 Å². The van der Waals surface area contributed by atoms with Crippen LogP contribution in [0.1, 0.15) is 74.9 Å². The molecule has 564 valence electrons. The first-order chi connectivity index (χ1) is 50.6. The Balaban J connectivity index is 0.000000219. The molecular weight excluding hydrogens is 1660 g/mol. The Kier molecular flexibility index (Phi) is 32.6. The van der Waals surface area contributed by atoms with Crippen LogP contribution in [0, 0.1) is 64.0 Å². The van der Waals surface area contributed by atoms with Gasteiger partial charge >= 0.3 is 23.9 Å². The third-order valence-corrected chi connectivity index (χ3v) is 15.7. The van der Waals surface area contributed by atoms with Gasteiger partial charge in [-0.05, 0) is 133 Å². The summed E-state index contributed by atoms with van der Waals surface area (Å²) in [7, 11) is 2.33. The minimum atomic E-state index is -2.80. The van der Waals surface area contributed by atoms with Crippen molar-refractivity contribution < 1.29 is 128 Å². The molecule has 0 spiro atoms. The van der Waals surface area contributed by atoms with Crippen molar-refractivity contribution in [1.82, 2.24) is 15.0 Å². The Hall–Kier alpha value is -10.5. The Morgan fingerprint density at radius 2 is 0.636 bits per heavy atom. The highest BCUT2D eigenvalue weighted by Gasteiger charge is 2.21. The number of hydrogen-bond acceptors (Lipinski definition) is 12. The number of aromatic nitrogens is 3. The number of nitrogens with zero attached hydrogens (tertiary/aromatic N) is 3. The van der Waals surface area contributed by atoms with E-state index in [2.05, 4.69) is 72.2 Å². The number of esters is 2. The van der Waals surface area contributed by atoms with Crippen LogP contribution < -0.4 is 14.2 Å². The van der Waals surface area contributed by atoms with Crippen LogP contribution >= 0.6 is 47.8 Å². The normalized spacial score (nSPS) is 10.7. The molecule has 7 aromatic carbocycles. The molecule has 0 fully saturated rings. The number of hydrogen-bond donors (Lipinski definition) is 2. The van der Waals surface area contributed by atoms with Crippen molar-refractivity contribution in [2.75, 3.05) is 14.2 Å². The second kappa shape index (κ2) is 40.9. The second-order valence-electron chi connectivity index (χ2n) is 21.6. The molecular formula is C73H51Br3F17N3O11. The predicted molar refractivity (Wildman–Crippen MR) is 360 cm³/mol. The van der Waals surface area contributed by atoms with Gasteiger partial charge in [-0.1, -0.05) is 54.6 Å². The van der Waals surface area contributed by atoms with Crippen molar-refractivity contribution in [1.29, 1.82) is 0 Å². The van der Waals surface area contributed by atoms with E-state index in [0.29, 0.717) is 16.5 Å². The molecule has 0 amide bonds. The van der Waals surface area contributed by atoms with E-state index in [-0.39, 0.29) is 114 Å². The summed E-state index contributed by atoms with van der Waals surface area (Å²) in [4.78, 5) is 55.2. The van der Waals surface area contributed by atoms with Gasteiger partial charge in [0.25, 0.3) is 19.3 Å². The van der Waals surface area contributed by atoms with E-state index < -0.39 is 138 Å². The van der Waals surface area contributed by atoms with Crippen molar-refractivity contribution in [2.24, 2.45) is 0 Å². The van der Waals surface area contributed by atoms with Gasteiger partial charge in [0.05, 0.1) is 60.2 Å². The Bertz CT molecular complexity index is 4800. The monoisotopic (exact) mass is 1710 g/mol. The van der Waals surface area contributed by atoms with Gasteiger partial charge in [-0.2, -0.15) is 0 Å². The molecule has 10 aromatic rings. The molecule has 3 aromatic heterocycles. The molecule has 34 heteroatoms. The van der Waals surface area contributed by atoms with Gasteiger partial charge < -0.3 is 33.9 Å². The van der Waals surface area contributed by atoms with Gasteiger partial charge in [0.1, 0.15) is 88.4 Å². The van der Waals surface area contributed by atoms with E-state index in [0.717, 1.165) is 86.0 Å². The Labute approximate surface area is 621 Å². The zero-order valence-electron chi connectivity index (χ0n) is 54.7. The third-order valence-electron chi connectivity index (χ3n) is 14.1. The molecule has 0 saturated heterocycles. The highest BCUT2D eigenvalue weighted by atomic mass is 79.9. The fourth-order valence-electron chi connectivity index (χ4n) is 8.68. The molecule has 14 nitrogen and oxygen atoms in total. The van der Waals surface area contributed by atoms with E-state index in [1.165, 1.54) is 61.7 Å². The smallest absolute Gasteiger partial charge is 0.310 e. The summed E-state index contributed by atoms with van der Waals surface area (Å²) in [5, 5.41) is 17.1. The number of pyridine rings is 3. The summed E-state index contributed by atoms with van der Waals surface area (Å²) in [6, 6.07) is 30.0. The highest BCUT2D eigenvalue weighted by Crippen LogP contribution is 2.31. The molecule has 2 N–H and O–H groups in total. The SMILES string of the molecule is COC(=O)Cc1cc(F)c(-c2cccc(OCc3ccc(C(F)F)cc3F)n2)cc1F.COC(=O)Cc1cc(F)c(Br)cc1F.Fc1cc(C(F)F)ccc1COc1cccc(Br)n1.O=C(O)Cc1cc(F)c(-c2cccc(OCc3ccc(C(F)F)cc3F)n2)cc1F.O=C(O)Cc1cc(F)c(Br)cc1F. The number of carbonyl (C=O) groups excluding carboxylic acids is 2. The maximum Gasteiger partial charge on any atom is 0.310 e. The lowest BCUT2D eigenvalue weighted by molar-refractivity contribution is -0.140. The minimum Gasteiger partial charge on any atom is -0.481 e. The number of ether oxygens (including phenoxy) is 5. The molecule has 3 heterocycles. The largest absolute Gasteiger partial charge is 0.481 e. The van der Waals surface area contributed by atoms with Gasteiger partial charge in [-0.25, -0.2) is 89.6 Å². The van der Waals surface area contributed by atoms with Crippen molar-refractivity contribution in [3.8, 4) is 40.2 Å². The molecule has 0 aliphatic rings. The molecule has 0 atom stereocenters. The van der Waals surface area contributed by atoms with Crippen LogP contribution in [0.4, 0.5) is 74.6 Å². The van der Waals surface area contributed by atoms with E-state index in [1.807, 2.05) is 0 Å². The Morgan fingerprint density at radius 3 is 0.935 bits per heavy atom. The number of alkyl halides is 6. The summed E-state index contributed by atoms with van der Waals surface area (Å²) in [6.07, 6.45) is -10.2. The summed E-state index contributed by atoms with van der Waals surface area (Å²) >= 11 is 8.80. The number of benzene rings is 7. The van der Waals surface area contributed by atoms with Gasteiger partial charge in [-0.3, -0.25) is 19.2 Å². The van der Waals surface area contributed by atoms with E-state index in [4.69, 9.17) is 24.4 Å². The average Bonchev–Trinajstić information content (AvgIpc) is 0.810. The van der Waals surface area contributed by atoms with Crippen LogP contribution in [-0.2, 0) is 74.2 Å². The lowest BCUT2D eigenvalue weighted by atomic mass is 10.0. The first kappa shape index (κ1) is 85.4. The standard InChI is InChI=1S/C22H16F5NO3.C21H14F5NO3.C13H9BrF3NO.C9H7BrF2O2.C8H5BrF2O2/c1-30-21(29)9-14-8-18(25)15(10-17(14)24)19-3-2-4-20(28-19)31-11-13-6-5-12(22(26)27)7-16(13)23;22-15-6-11(21(25)26)4-5-12(15)10-30-19-3-1-2-18(27-19)14-9-16(23)13(7-17(14)24)8-20(28)29;14-11-2-1-3-12(18-11)19-7-9-5-4-8(13(16)17)6-10(9)15;1-14-9(13)3-5-2-8(12)6(10)4-7(5)11;9-5-3-6(10)4(1-7(5)11)2-8(12)13/h2-8,10,22H,9,11H2,1H3;1-7,9,21H,8,10H2,(H,28,29);1-6,13H,7H2;2,4H,3H2,1H3;1,3H,2H2,(H,12,13). The molecule has 0 saturated carbocycles. The first-order valence-corrected chi connectivity index (χ1v) is 32.5. The summed E-state index contributed by atoms with van der Waals surface area (Å²) in [5.41, 5.74) is -1.96. The number of halogens is 20. The maximum atomic E-state index is 14.5. The zero-order chi connectivity index (χ0) is 78.9. The van der Waals surface area contributed by atoms with Crippen molar-refractivity contribution in [3.05, 3.63) is 291 Å². The van der Waals surface area contributed by atoms with Crippen molar-refractivity contribution in [3.63, 3.8) is 0 Å². The van der Waals surface area contributed by atoms with Gasteiger partial charge in [0.15, 0.2) is 0 Å². The first-order valence-electron chi connectivity index (χ1n) is 30.1. The molecule has 0 bridgehead atoms. The summed E-state index contributed by atoms with van der Waals surface area (Å²) in [5.74, 6) is -12.0. The number of carbonyl (C=O) groups is 4. The molecule has 0 radical (unpaired) electrons. The Morgan fingerprint density at radius 1 is 0.346 bits per heavy atom. The van der Waals surface area contributed by atoms with Gasteiger partial charge in [0, 0.05) is 85.0 Å². The summed E-state index contributed by atoms with van der Waals surface area (Å²) in [6.45, 7) is -0.695. The summed E-state index contributed by atoms with van der Waals surface area (Å²) < 4.78 is 251. The van der Waals surface area contributed by atoms with E-state index in [9.17, 15) is 93.8 Å². The molecule has 0 unspecified atom stereocenters. The molecule has 10 rings (SSSR count). The maximum absolute atomic E-state index is 14.5. The number of methoxy groups -OCH3 is 2.